The molecule has 1 aromatic rings. The van der Waals surface area contributed by atoms with Crippen molar-refractivity contribution in [2.24, 2.45) is 5.92 Å². The molecule has 0 amide bonds. The third kappa shape index (κ3) is 2.91. The summed E-state index contributed by atoms with van der Waals surface area (Å²) in [4.78, 5) is 0.251. The van der Waals surface area contributed by atoms with Crippen molar-refractivity contribution in [2.75, 3.05) is 26.3 Å². The van der Waals surface area contributed by atoms with E-state index < -0.39 is 10.0 Å². The summed E-state index contributed by atoms with van der Waals surface area (Å²) >= 11 is 3.35. The maximum absolute atomic E-state index is 12.8. The lowest BCUT2D eigenvalue weighted by atomic mass is 10.0. The number of hydrogen-bond donors (Lipinski definition) is 0. The van der Waals surface area contributed by atoms with Crippen LogP contribution >= 0.6 is 15.9 Å². The molecule has 21 heavy (non-hydrogen) atoms. The van der Waals surface area contributed by atoms with Crippen molar-refractivity contribution < 1.29 is 17.9 Å². The van der Waals surface area contributed by atoms with Crippen molar-refractivity contribution in [3.63, 3.8) is 0 Å². The van der Waals surface area contributed by atoms with Gasteiger partial charge in [0.05, 0.1) is 0 Å². The maximum Gasteiger partial charge on any atom is 0.244 e. The van der Waals surface area contributed by atoms with Crippen molar-refractivity contribution in [3.05, 3.63) is 16.6 Å². The van der Waals surface area contributed by atoms with Crippen LogP contribution in [0.4, 0.5) is 0 Å². The topological polar surface area (TPSA) is 55.8 Å². The fourth-order valence-electron chi connectivity index (χ4n) is 2.61. The molecule has 0 saturated carbocycles. The zero-order chi connectivity index (χ0) is 15.0. The minimum absolute atomic E-state index is 0.251. The highest BCUT2D eigenvalue weighted by Gasteiger charge is 2.31. The van der Waals surface area contributed by atoms with Crippen LogP contribution < -0.4 is 9.47 Å². The molecule has 2 aliphatic rings. The Morgan fingerprint density at radius 2 is 1.71 bits per heavy atom. The van der Waals surface area contributed by atoms with Gasteiger partial charge in [-0.3, -0.25) is 0 Å². The molecule has 0 aromatic heterocycles. The van der Waals surface area contributed by atoms with Gasteiger partial charge in [-0.05, 0) is 40.8 Å². The summed E-state index contributed by atoms with van der Waals surface area (Å²) in [6.45, 7) is 4.23. The number of halogens is 1. The van der Waals surface area contributed by atoms with Crippen LogP contribution in [0.25, 0.3) is 0 Å². The van der Waals surface area contributed by atoms with E-state index in [1.165, 1.54) is 0 Å². The molecular weight excluding hydrogens is 358 g/mol. The van der Waals surface area contributed by atoms with E-state index in [-0.39, 0.29) is 4.90 Å². The highest BCUT2D eigenvalue weighted by molar-refractivity contribution is 9.10. The molecule has 2 heterocycles. The fourth-order valence-corrected chi connectivity index (χ4v) is 5.07. The predicted molar refractivity (Wildman–Crippen MR) is 82.3 cm³/mol. The van der Waals surface area contributed by atoms with Crippen molar-refractivity contribution in [3.8, 4) is 11.5 Å². The van der Waals surface area contributed by atoms with Gasteiger partial charge in [0.25, 0.3) is 0 Å². The molecule has 1 saturated heterocycles. The third-order valence-electron chi connectivity index (χ3n) is 3.96. The minimum atomic E-state index is -3.50. The third-order valence-corrected chi connectivity index (χ3v) is 6.81. The Morgan fingerprint density at radius 1 is 1.14 bits per heavy atom. The molecule has 1 fully saturated rings. The van der Waals surface area contributed by atoms with E-state index in [0.717, 1.165) is 12.8 Å². The van der Waals surface area contributed by atoms with Crippen LogP contribution in [-0.4, -0.2) is 39.0 Å². The first kappa shape index (κ1) is 15.1. The van der Waals surface area contributed by atoms with Crippen molar-refractivity contribution in [1.29, 1.82) is 0 Å². The molecule has 0 atom stereocenters. The summed E-state index contributed by atoms with van der Waals surface area (Å²) in [6.07, 6.45) is 1.81. The van der Waals surface area contributed by atoms with Gasteiger partial charge in [0, 0.05) is 23.6 Å². The van der Waals surface area contributed by atoms with E-state index in [4.69, 9.17) is 9.47 Å². The lowest BCUT2D eigenvalue weighted by molar-refractivity contribution is 0.171. The second kappa shape index (κ2) is 5.78. The number of sulfonamides is 1. The zero-order valence-corrected chi connectivity index (χ0v) is 14.2. The zero-order valence-electron chi connectivity index (χ0n) is 11.8. The normalized spacial score (nSPS) is 20.5. The number of ether oxygens (including phenoxy) is 2. The smallest absolute Gasteiger partial charge is 0.244 e. The lowest BCUT2D eigenvalue weighted by Gasteiger charge is -2.30. The van der Waals surface area contributed by atoms with Gasteiger partial charge in [0.1, 0.15) is 18.1 Å². The van der Waals surface area contributed by atoms with Crippen LogP contribution in [0.5, 0.6) is 11.5 Å². The standard InChI is InChI=1S/C14H18BrNO4S/c1-10-2-4-16(5-3-10)21(17,18)14-9-13-12(8-11(14)15)19-6-7-20-13/h8-10H,2-7H2,1H3. The van der Waals surface area contributed by atoms with Crippen molar-refractivity contribution in [2.45, 2.75) is 24.7 Å². The van der Waals surface area contributed by atoms with Crippen LogP contribution in [0.3, 0.4) is 0 Å². The van der Waals surface area contributed by atoms with Gasteiger partial charge in [0.15, 0.2) is 11.5 Å². The van der Waals surface area contributed by atoms with Gasteiger partial charge >= 0.3 is 0 Å². The average molecular weight is 376 g/mol. The van der Waals surface area contributed by atoms with Crippen molar-refractivity contribution >= 4 is 26.0 Å². The maximum atomic E-state index is 12.8. The first-order chi connectivity index (χ1) is 9.98. The van der Waals surface area contributed by atoms with Crippen LogP contribution in [0.1, 0.15) is 19.8 Å². The summed E-state index contributed by atoms with van der Waals surface area (Å²) in [5.74, 6) is 1.66. The summed E-state index contributed by atoms with van der Waals surface area (Å²) < 4.78 is 38.6. The molecule has 5 nitrogen and oxygen atoms in total. The molecule has 0 unspecified atom stereocenters. The quantitative estimate of drug-likeness (QED) is 0.797. The first-order valence-electron chi connectivity index (χ1n) is 7.08. The fraction of sp³-hybridized carbons (Fsp3) is 0.571. The Labute approximate surface area is 133 Å². The number of nitrogens with zero attached hydrogens (tertiary/aromatic N) is 1. The highest BCUT2D eigenvalue weighted by Crippen LogP contribution is 2.38. The van der Waals surface area contributed by atoms with E-state index >= 15 is 0 Å². The molecule has 0 spiro atoms. The number of rotatable bonds is 2. The second-order valence-electron chi connectivity index (χ2n) is 5.51. The molecule has 0 N–H and O–H groups in total. The minimum Gasteiger partial charge on any atom is -0.486 e. The van der Waals surface area contributed by atoms with Gasteiger partial charge < -0.3 is 9.47 Å². The van der Waals surface area contributed by atoms with E-state index in [9.17, 15) is 8.42 Å². The van der Waals surface area contributed by atoms with Gasteiger partial charge in [0.2, 0.25) is 10.0 Å². The highest BCUT2D eigenvalue weighted by atomic mass is 79.9. The van der Waals surface area contributed by atoms with Gasteiger partial charge in [-0.1, -0.05) is 6.92 Å². The Balaban J connectivity index is 1.95. The molecule has 1 aromatic carbocycles. The van der Waals surface area contributed by atoms with Gasteiger partial charge in [-0.15, -0.1) is 0 Å². The summed E-state index contributed by atoms with van der Waals surface area (Å²) in [5.41, 5.74) is 0. The van der Waals surface area contributed by atoms with Crippen molar-refractivity contribution in [1.82, 2.24) is 4.31 Å². The molecule has 2 aliphatic heterocycles. The summed E-state index contributed by atoms with van der Waals surface area (Å²) in [5, 5.41) is 0. The largest absolute Gasteiger partial charge is 0.486 e. The Kier molecular flexibility index (Phi) is 4.16. The molecule has 3 rings (SSSR count). The molecule has 0 radical (unpaired) electrons. The van der Waals surface area contributed by atoms with E-state index in [1.807, 2.05) is 0 Å². The van der Waals surface area contributed by atoms with Crippen LogP contribution in [0.15, 0.2) is 21.5 Å². The number of fused-ring (bicyclic) bond motifs is 1. The number of piperidine rings is 1. The molecule has 116 valence electrons. The van der Waals surface area contributed by atoms with E-state index in [1.54, 1.807) is 16.4 Å². The monoisotopic (exact) mass is 375 g/mol. The first-order valence-corrected chi connectivity index (χ1v) is 9.31. The second-order valence-corrected chi connectivity index (χ2v) is 8.27. The van der Waals surface area contributed by atoms with Crippen LogP contribution in [0, 0.1) is 5.92 Å². The lowest BCUT2D eigenvalue weighted by Crippen LogP contribution is -2.38. The predicted octanol–water partition coefficient (Wildman–Crippen LogP) is 2.64. The molecule has 0 bridgehead atoms. The Bertz CT molecular complexity index is 639. The van der Waals surface area contributed by atoms with Crippen LogP contribution in [-0.2, 0) is 10.0 Å². The van der Waals surface area contributed by atoms with Gasteiger partial charge in [-0.25, -0.2) is 8.42 Å². The average Bonchev–Trinajstić information content (AvgIpc) is 2.47. The number of benzene rings is 1. The Morgan fingerprint density at radius 3 is 2.33 bits per heavy atom. The SMILES string of the molecule is CC1CCN(S(=O)(=O)c2cc3c(cc2Br)OCCO3)CC1. The molecule has 0 aliphatic carbocycles. The van der Waals surface area contributed by atoms with E-state index in [2.05, 4.69) is 22.9 Å². The summed E-state index contributed by atoms with van der Waals surface area (Å²) in [7, 11) is -3.50. The summed E-state index contributed by atoms with van der Waals surface area (Å²) in [6, 6.07) is 3.24. The Hall–Kier alpha value is -0.790. The van der Waals surface area contributed by atoms with E-state index in [0.29, 0.717) is 48.2 Å². The number of hydrogen-bond acceptors (Lipinski definition) is 4. The molecular formula is C14H18BrNO4S. The molecule has 7 heteroatoms. The van der Waals surface area contributed by atoms with Crippen LogP contribution in [0.2, 0.25) is 0 Å². The van der Waals surface area contributed by atoms with Gasteiger partial charge in [-0.2, -0.15) is 4.31 Å².